The molecule has 1 fully saturated rings. The zero-order chi connectivity index (χ0) is 25.8. The van der Waals surface area contributed by atoms with E-state index in [0.717, 1.165) is 33.9 Å². The first-order valence-corrected chi connectivity index (χ1v) is 13.1. The molecule has 12 heteroatoms. The topological polar surface area (TPSA) is 151 Å². The summed E-state index contributed by atoms with van der Waals surface area (Å²) < 4.78 is 5.10. The third kappa shape index (κ3) is 5.75. The van der Waals surface area contributed by atoms with Crippen molar-refractivity contribution >= 4 is 23.2 Å². The van der Waals surface area contributed by atoms with Crippen molar-refractivity contribution in [1.82, 2.24) is 35.8 Å². The Kier molecular flexibility index (Phi) is 7.37. The number of carbonyl (C=O) groups is 1. The number of rotatable bonds is 8. The maximum absolute atomic E-state index is 12.1. The standard InChI is InChI=1S/C25H28N8O3S/c1-3-27-24(34)31-21-9-18(23-30-14(2)20(37-23)13-28-17-6-4-5-7-17)19(12-29-21)15-8-16(11-26-10-15)22-32-33-25(35)36-22/h8-12,17,28H,3-7,13H2,1-2H3,(H,33,35)(H2,27,29,31,34). The molecule has 4 aromatic rings. The van der Waals surface area contributed by atoms with Gasteiger partial charge in [0.15, 0.2) is 0 Å². The summed E-state index contributed by atoms with van der Waals surface area (Å²) in [6, 6.07) is 3.87. The molecule has 1 aliphatic carbocycles. The maximum atomic E-state index is 12.1. The smallest absolute Gasteiger partial charge is 0.388 e. The monoisotopic (exact) mass is 520 g/mol. The molecule has 0 atom stereocenters. The molecule has 1 aliphatic rings. The molecule has 11 nitrogen and oxygen atoms in total. The molecular weight excluding hydrogens is 492 g/mol. The number of nitrogens with one attached hydrogen (secondary N) is 4. The van der Waals surface area contributed by atoms with E-state index in [4.69, 9.17) is 9.40 Å². The van der Waals surface area contributed by atoms with Gasteiger partial charge in [-0.15, -0.1) is 16.4 Å². The summed E-state index contributed by atoms with van der Waals surface area (Å²) in [7, 11) is 0. The van der Waals surface area contributed by atoms with Crippen LogP contribution in [-0.4, -0.2) is 43.8 Å². The van der Waals surface area contributed by atoms with Crippen LogP contribution >= 0.6 is 11.3 Å². The molecule has 0 unspecified atom stereocenters. The molecule has 4 N–H and O–H groups in total. The van der Waals surface area contributed by atoms with E-state index in [1.165, 1.54) is 30.6 Å². The average molecular weight is 521 g/mol. The van der Waals surface area contributed by atoms with Crippen LogP contribution in [0.15, 0.2) is 39.9 Å². The number of urea groups is 1. The van der Waals surface area contributed by atoms with Gasteiger partial charge in [0, 0.05) is 59.3 Å². The summed E-state index contributed by atoms with van der Waals surface area (Å²) in [6.07, 6.45) is 9.95. The number of aryl methyl sites for hydroxylation is 1. The van der Waals surface area contributed by atoms with E-state index in [1.54, 1.807) is 29.9 Å². The van der Waals surface area contributed by atoms with Crippen LogP contribution < -0.4 is 21.7 Å². The second-order valence-electron chi connectivity index (χ2n) is 8.87. The van der Waals surface area contributed by atoms with Gasteiger partial charge in [-0.2, -0.15) is 0 Å². The number of thiazole rings is 1. The first-order chi connectivity index (χ1) is 18.0. The number of hydrogen-bond donors (Lipinski definition) is 4. The molecule has 37 heavy (non-hydrogen) atoms. The van der Waals surface area contributed by atoms with Crippen molar-refractivity contribution in [3.05, 3.63) is 51.8 Å². The maximum Gasteiger partial charge on any atom is 0.434 e. The number of anilines is 1. The molecule has 1 saturated carbocycles. The minimum absolute atomic E-state index is 0.147. The van der Waals surface area contributed by atoms with Crippen molar-refractivity contribution in [3.8, 4) is 33.2 Å². The first-order valence-electron chi connectivity index (χ1n) is 12.3. The lowest BCUT2D eigenvalue weighted by molar-refractivity contribution is 0.252. The fourth-order valence-electron chi connectivity index (χ4n) is 4.38. The molecule has 4 aromatic heterocycles. The quantitative estimate of drug-likeness (QED) is 0.271. The van der Waals surface area contributed by atoms with Gasteiger partial charge < -0.3 is 15.1 Å². The number of aromatic amines is 1. The zero-order valence-electron chi connectivity index (χ0n) is 20.6. The SMILES string of the molecule is CCNC(=O)Nc1cc(-c2nc(C)c(CNC3CCCC3)s2)c(-c2cncc(-c3n[nH]c(=O)o3)c2)cn1. The van der Waals surface area contributed by atoms with Gasteiger partial charge in [-0.05, 0) is 38.8 Å². The predicted molar refractivity (Wildman–Crippen MR) is 141 cm³/mol. The summed E-state index contributed by atoms with van der Waals surface area (Å²) in [5, 5.41) is 16.1. The molecule has 0 bridgehead atoms. The third-order valence-corrected chi connectivity index (χ3v) is 7.44. The Bertz CT molecular complexity index is 1450. The summed E-state index contributed by atoms with van der Waals surface area (Å²) in [6.45, 7) is 5.14. The Labute approximate surface area is 217 Å². The van der Waals surface area contributed by atoms with Crippen LogP contribution in [0.2, 0.25) is 0 Å². The Morgan fingerprint density at radius 2 is 1.97 bits per heavy atom. The molecule has 0 aliphatic heterocycles. The zero-order valence-corrected chi connectivity index (χ0v) is 21.4. The van der Waals surface area contributed by atoms with Gasteiger partial charge in [0.25, 0.3) is 5.89 Å². The lowest BCUT2D eigenvalue weighted by atomic mass is 10.0. The molecule has 0 spiro atoms. The summed E-state index contributed by atoms with van der Waals surface area (Å²) in [5.41, 5.74) is 3.84. The van der Waals surface area contributed by atoms with Crippen LogP contribution in [0.5, 0.6) is 0 Å². The number of nitrogens with zero attached hydrogens (tertiary/aromatic N) is 4. The molecule has 5 rings (SSSR count). The molecule has 4 heterocycles. The van der Waals surface area contributed by atoms with Crippen molar-refractivity contribution in [3.63, 3.8) is 0 Å². The van der Waals surface area contributed by atoms with Crippen molar-refractivity contribution in [2.45, 2.75) is 52.1 Å². The highest BCUT2D eigenvalue weighted by Crippen LogP contribution is 2.37. The number of pyridine rings is 2. The summed E-state index contributed by atoms with van der Waals surface area (Å²) in [5.74, 6) is -0.0834. The second-order valence-corrected chi connectivity index (χ2v) is 9.95. The van der Waals surface area contributed by atoms with E-state index >= 15 is 0 Å². The highest BCUT2D eigenvalue weighted by Gasteiger charge is 2.19. The first kappa shape index (κ1) is 24.8. The van der Waals surface area contributed by atoms with E-state index < -0.39 is 5.76 Å². The lowest BCUT2D eigenvalue weighted by Gasteiger charge is -2.11. The minimum Gasteiger partial charge on any atom is -0.388 e. The van der Waals surface area contributed by atoms with Crippen LogP contribution in [0.4, 0.5) is 10.6 Å². The van der Waals surface area contributed by atoms with Crippen molar-refractivity contribution < 1.29 is 9.21 Å². The second kappa shape index (κ2) is 11.0. The van der Waals surface area contributed by atoms with Gasteiger partial charge in [-0.1, -0.05) is 12.8 Å². The normalized spacial score (nSPS) is 13.7. The Balaban J connectivity index is 1.52. The van der Waals surface area contributed by atoms with Gasteiger partial charge in [-0.25, -0.2) is 24.7 Å². The number of aromatic nitrogens is 5. The van der Waals surface area contributed by atoms with Crippen LogP contribution in [0, 0.1) is 6.92 Å². The van der Waals surface area contributed by atoms with Crippen LogP contribution in [0.3, 0.4) is 0 Å². The average Bonchev–Trinajstić information content (AvgIpc) is 3.65. The fourth-order valence-corrected chi connectivity index (χ4v) is 5.43. The summed E-state index contributed by atoms with van der Waals surface area (Å²) >= 11 is 1.62. The molecule has 2 amide bonds. The lowest BCUT2D eigenvalue weighted by Crippen LogP contribution is -2.28. The van der Waals surface area contributed by atoms with E-state index in [1.807, 2.05) is 26.0 Å². The van der Waals surface area contributed by atoms with E-state index in [2.05, 4.69) is 36.1 Å². The van der Waals surface area contributed by atoms with Gasteiger partial charge in [0.05, 0.1) is 11.3 Å². The van der Waals surface area contributed by atoms with Crippen molar-refractivity contribution in [2.75, 3.05) is 11.9 Å². The van der Waals surface area contributed by atoms with Gasteiger partial charge in [0.2, 0.25) is 0 Å². The van der Waals surface area contributed by atoms with E-state index in [0.29, 0.717) is 24.0 Å². The fraction of sp³-hybridized carbons (Fsp3) is 0.360. The van der Waals surface area contributed by atoms with Gasteiger partial charge in [0.1, 0.15) is 10.8 Å². The Morgan fingerprint density at radius 1 is 1.16 bits per heavy atom. The Hall–Kier alpha value is -3.90. The number of carbonyl (C=O) groups excluding carboxylic acids is 1. The van der Waals surface area contributed by atoms with Gasteiger partial charge >= 0.3 is 11.8 Å². The van der Waals surface area contributed by atoms with E-state index in [9.17, 15) is 9.59 Å². The number of H-pyrrole nitrogens is 1. The largest absolute Gasteiger partial charge is 0.434 e. The summed E-state index contributed by atoms with van der Waals surface area (Å²) in [4.78, 5) is 38.4. The molecular formula is C25H28N8O3S. The molecule has 0 aromatic carbocycles. The van der Waals surface area contributed by atoms with Crippen LogP contribution in [0.25, 0.3) is 33.2 Å². The Morgan fingerprint density at radius 3 is 2.73 bits per heavy atom. The predicted octanol–water partition coefficient (Wildman–Crippen LogP) is 4.09. The van der Waals surface area contributed by atoms with Crippen LogP contribution in [0.1, 0.15) is 43.2 Å². The van der Waals surface area contributed by atoms with E-state index in [-0.39, 0.29) is 11.9 Å². The van der Waals surface area contributed by atoms with Gasteiger partial charge in [-0.3, -0.25) is 10.3 Å². The molecule has 0 radical (unpaired) electrons. The van der Waals surface area contributed by atoms with Crippen molar-refractivity contribution in [1.29, 1.82) is 0 Å². The number of amides is 2. The molecule has 192 valence electrons. The third-order valence-electron chi connectivity index (χ3n) is 6.25. The number of hydrogen-bond acceptors (Lipinski definition) is 9. The molecule has 0 saturated heterocycles. The highest BCUT2D eigenvalue weighted by molar-refractivity contribution is 7.15. The minimum atomic E-state index is -0.638. The van der Waals surface area contributed by atoms with Crippen LogP contribution in [-0.2, 0) is 6.54 Å². The van der Waals surface area contributed by atoms with Crippen molar-refractivity contribution in [2.24, 2.45) is 0 Å². The highest BCUT2D eigenvalue weighted by atomic mass is 32.1.